The second-order valence-electron chi connectivity index (χ2n) is 9.39. The van der Waals surface area contributed by atoms with Gasteiger partial charge in [0.1, 0.15) is 17.2 Å². The molecule has 2 saturated heterocycles. The normalized spacial score (nSPS) is 24.2. The Morgan fingerprint density at radius 1 is 1.34 bits per heavy atom. The van der Waals surface area contributed by atoms with E-state index in [9.17, 15) is 9.18 Å². The molecule has 0 saturated carbocycles. The van der Waals surface area contributed by atoms with Crippen molar-refractivity contribution in [1.82, 2.24) is 25.1 Å². The predicted molar refractivity (Wildman–Crippen MR) is 112 cm³/mol. The fourth-order valence-electron chi connectivity index (χ4n) is 4.65. The summed E-state index contributed by atoms with van der Waals surface area (Å²) >= 11 is 6.16. The third-order valence-corrected chi connectivity index (χ3v) is 6.26. The predicted octanol–water partition coefficient (Wildman–Crippen LogP) is 3.48. The van der Waals surface area contributed by atoms with Gasteiger partial charge in [0.15, 0.2) is 0 Å². The highest BCUT2D eigenvalue weighted by Crippen LogP contribution is 2.34. The number of hydrogen-bond donors (Lipinski definition) is 2. The van der Waals surface area contributed by atoms with Crippen LogP contribution in [0.3, 0.4) is 0 Å². The number of carbonyl (C=O) groups excluding carboxylic acids is 1. The molecule has 3 atom stereocenters. The summed E-state index contributed by atoms with van der Waals surface area (Å²) in [6.45, 7) is 10.4. The molecule has 29 heavy (non-hydrogen) atoms. The summed E-state index contributed by atoms with van der Waals surface area (Å²) in [4.78, 5) is 25.1. The fourth-order valence-corrected chi connectivity index (χ4v) is 4.90. The number of amides is 1. The Bertz CT molecular complexity index is 910. The van der Waals surface area contributed by atoms with Crippen molar-refractivity contribution >= 4 is 28.5 Å². The van der Waals surface area contributed by atoms with Gasteiger partial charge in [-0.25, -0.2) is 9.37 Å². The van der Waals surface area contributed by atoms with Crippen LogP contribution in [0.2, 0.25) is 5.02 Å². The molecule has 3 heterocycles. The Kier molecular flexibility index (Phi) is 5.34. The van der Waals surface area contributed by atoms with Crippen LogP contribution in [0.25, 0.3) is 11.0 Å². The summed E-state index contributed by atoms with van der Waals surface area (Å²) < 4.78 is 13.6. The Hall–Kier alpha value is -1.70. The molecule has 1 aromatic heterocycles. The van der Waals surface area contributed by atoms with Crippen LogP contribution >= 0.6 is 11.6 Å². The average molecular weight is 422 g/mol. The molecule has 158 valence electrons. The number of likely N-dealkylation sites (tertiary alicyclic amines) is 1. The van der Waals surface area contributed by atoms with Gasteiger partial charge in [-0.05, 0) is 52.7 Å². The van der Waals surface area contributed by atoms with Crippen molar-refractivity contribution in [2.45, 2.75) is 64.2 Å². The van der Waals surface area contributed by atoms with Crippen molar-refractivity contribution in [3.05, 3.63) is 28.8 Å². The molecule has 4 rings (SSSR count). The molecule has 3 unspecified atom stereocenters. The Labute approximate surface area is 175 Å². The molecule has 6 nitrogen and oxygen atoms in total. The van der Waals surface area contributed by atoms with Crippen LogP contribution in [0.5, 0.6) is 0 Å². The summed E-state index contributed by atoms with van der Waals surface area (Å²) in [5.41, 5.74) is 1.02. The molecule has 2 N–H and O–H groups in total. The first-order valence-corrected chi connectivity index (χ1v) is 10.6. The first-order valence-electron chi connectivity index (χ1n) is 10.3. The van der Waals surface area contributed by atoms with Gasteiger partial charge < -0.3 is 10.3 Å². The van der Waals surface area contributed by atoms with Crippen LogP contribution in [-0.2, 0) is 4.79 Å². The van der Waals surface area contributed by atoms with Crippen molar-refractivity contribution < 1.29 is 9.18 Å². The highest BCUT2D eigenvalue weighted by molar-refractivity contribution is 6.34. The number of piperazine rings is 1. The molecule has 0 spiro atoms. The lowest BCUT2D eigenvalue weighted by molar-refractivity contribution is -0.125. The van der Waals surface area contributed by atoms with Gasteiger partial charge in [-0.15, -0.1) is 0 Å². The lowest BCUT2D eigenvalue weighted by atomic mass is 10.1. The Morgan fingerprint density at radius 3 is 2.62 bits per heavy atom. The number of nitrogens with one attached hydrogen (secondary N) is 2. The molecule has 1 amide bonds. The molecule has 2 aliphatic heterocycles. The first-order chi connectivity index (χ1) is 13.6. The van der Waals surface area contributed by atoms with E-state index in [2.05, 4.69) is 32.0 Å². The molecule has 8 heteroatoms. The van der Waals surface area contributed by atoms with E-state index in [4.69, 9.17) is 11.6 Å². The van der Waals surface area contributed by atoms with Gasteiger partial charge in [-0.1, -0.05) is 11.6 Å². The number of carbonyl (C=O) groups is 1. The smallest absolute Gasteiger partial charge is 0.234 e. The van der Waals surface area contributed by atoms with Gasteiger partial charge in [0, 0.05) is 30.7 Å². The summed E-state index contributed by atoms with van der Waals surface area (Å²) in [6, 6.07) is 3.52. The number of H-pyrrole nitrogens is 1. The van der Waals surface area contributed by atoms with E-state index in [1.54, 1.807) is 0 Å². The van der Waals surface area contributed by atoms with Crippen molar-refractivity contribution in [2.75, 3.05) is 19.6 Å². The lowest BCUT2D eigenvalue weighted by Gasteiger charge is -2.43. The number of imidazole rings is 1. The molecule has 2 aliphatic rings. The molecule has 2 bridgehead atoms. The third kappa shape index (κ3) is 4.27. The van der Waals surface area contributed by atoms with Crippen LogP contribution in [0.4, 0.5) is 4.39 Å². The van der Waals surface area contributed by atoms with E-state index in [0.29, 0.717) is 34.7 Å². The summed E-state index contributed by atoms with van der Waals surface area (Å²) in [5.74, 6) is 0.515. The van der Waals surface area contributed by atoms with E-state index in [-0.39, 0.29) is 23.3 Å². The summed E-state index contributed by atoms with van der Waals surface area (Å²) in [6.07, 6.45) is 2.21. The van der Waals surface area contributed by atoms with Crippen LogP contribution in [0.1, 0.15) is 52.4 Å². The van der Waals surface area contributed by atoms with Gasteiger partial charge in [0.05, 0.1) is 23.1 Å². The second-order valence-corrected chi connectivity index (χ2v) is 9.80. The topological polar surface area (TPSA) is 64.3 Å². The molecular formula is C21H29ClFN5O. The van der Waals surface area contributed by atoms with Crippen molar-refractivity contribution in [3.8, 4) is 0 Å². The number of halogens is 2. The van der Waals surface area contributed by atoms with E-state index < -0.39 is 0 Å². The Balaban J connectivity index is 1.46. The van der Waals surface area contributed by atoms with Gasteiger partial charge >= 0.3 is 0 Å². The number of aromatic amines is 1. The van der Waals surface area contributed by atoms with Crippen molar-refractivity contribution in [1.29, 1.82) is 0 Å². The number of fused-ring (bicyclic) bond motifs is 3. The number of nitrogens with zero attached hydrogens (tertiary/aromatic N) is 3. The first kappa shape index (κ1) is 20.6. The maximum atomic E-state index is 13.6. The fraction of sp³-hybridized carbons (Fsp3) is 0.619. The van der Waals surface area contributed by atoms with Gasteiger partial charge in [-0.2, -0.15) is 0 Å². The third-order valence-electron chi connectivity index (χ3n) is 5.97. The molecule has 0 aliphatic carbocycles. The number of rotatable bonds is 4. The van der Waals surface area contributed by atoms with E-state index in [1.807, 2.05) is 20.8 Å². The van der Waals surface area contributed by atoms with Crippen LogP contribution in [0, 0.1) is 5.82 Å². The lowest BCUT2D eigenvalue weighted by Crippen LogP contribution is -2.57. The number of aromatic nitrogens is 2. The van der Waals surface area contributed by atoms with Crippen molar-refractivity contribution in [2.24, 2.45) is 0 Å². The quantitative estimate of drug-likeness (QED) is 0.793. The highest BCUT2D eigenvalue weighted by atomic mass is 35.5. The molecule has 2 fully saturated rings. The van der Waals surface area contributed by atoms with Crippen molar-refractivity contribution in [3.63, 3.8) is 0 Å². The van der Waals surface area contributed by atoms with Crippen LogP contribution < -0.4 is 5.32 Å². The minimum absolute atomic E-state index is 0.0650. The van der Waals surface area contributed by atoms with E-state index >= 15 is 0 Å². The van der Waals surface area contributed by atoms with Crippen LogP contribution in [-0.4, -0.2) is 62.9 Å². The number of benzene rings is 1. The monoisotopic (exact) mass is 421 g/mol. The van der Waals surface area contributed by atoms with Crippen LogP contribution in [0.15, 0.2) is 12.1 Å². The second kappa shape index (κ2) is 7.52. The average Bonchev–Trinajstić information content (AvgIpc) is 3.10. The van der Waals surface area contributed by atoms with Gasteiger partial charge in [-0.3, -0.25) is 14.6 Å². The minimum atomic E-state index is -0.370. The summed E-state index contributed by atoms with van der Waals surface area (Å²) in [7, 11) is 0. The SMILES string of the molecule is CC(c1nc2c(Cl)cc(F)cc2[nH]1)N1CC2CCC(C1)N2CC(=O)NC(C)(C)C. The highest BCUT2D eigenvalue weighted by Gasteiger charge is 2.42. The zero-order valence-electron chi connectivity index (χ0n) is 17.4. The minimum Gasteiger partial charge on any atom is -0.350 e. The largest absolute Gasteiger partial charge is 0.350 e. The molecule has 2 aromatic rings. The Morgan fingerprint density at radius 2 is 2.00 bits per heavy atom. The zero-order chi connectivity index (χ0) is 20.9. The zero-order valence-corrected chi connectivity index (χ0v) is 18.2. The maximum absolute atomic E-state index is 13.6. The number of hydrogen-bond acceptors (Lipinski definition) is 4. The molecule has 0 radical (unpaired) electrons. The van der Waals surface area contributed by atoms with Gasteiger partial charge in [0.2, 0.25) is 5.91 Å². The molecule has 1 aromatic carbocycles. The maximum Gasteiger partial charge on any atom is 0.234 e. The van der Waals surface area contributed by atoms with E-state index in [1.165, 1.54) is 12.1 Å². The summed E-state index contributed by atoms with van der Waals surface area (Å²) in [5, 5.41) is 3.39. The van der Waals surface area contributed by atoms with Gasteiger partial charge in [0.25, 0.3) is 0 Å². The molecular weight excluding hydrogens is 393 g/mol. The van der Waals surface area contributed by atoms with E-state index in [0.717, 1.165) is 31.8 Å². The standard InChI is InChI=1S/C21H29ClFN5O/c1-12(20-24-17-8-13(23)7-16(22)19(17)25-20)27-9-14-5-6-15(10-27)28(14)11-18(29)26-21(2,3)4/h7-8,12,14-15H,5-6,9-11H2,1-4H3,(H,24,25)(H,26,29).